The maximum atomic E-state index is 5.73. The second-order valence-corrected chi connectivity index (χ2v) is 9.15. The van der Waals surface area contributed by atoms with Crippen LogP contribution >= 0.6 is 0 Å². The van der Waals surface area contributed by atoms with Crippen molar-refractivity contribution < 1.29 is 14.2 Å². The van der Waals surface area contributed by atoms with E-state index in [2.05, 4.69) is 29.8 Å². The standard InChI is InChI=1S/C31H28N4O3/c1-19-18-34(22-12-8-6-9-13-22)30-26(19)28(21-16-24(36-3)29(38-5)25(17-21)37-4)27-20(2)33-35(31(27)32-30)23-14-10-7-11-15-23/h6-18H,1-5H3. The first-order valence-corrected chi connectivity index (χ1v) is 12.4. The Morgan fingerprint density at radius 3 is 1.87 bits per heavy atom. The van der Waals surface area contributed by atoms with Crippen molar-refractivity contribution in [2.45, 2.75) is 13.8 Å². The number of hydrogen-bond acceptors (Lipinski definition) is 5. The molecular weight excluding hydrogens is 476 g/mol. The van der Waals surface area contributed by atoms with Crippen LogP contribution in [0.15, 0.2) is 79.0 Å². The Kier molecular flexibility index (Phi) is 5.76. The minimum absolute atomic E-state index is 0.551. The Bertz CT molecular complexity index is 1660. The van der Waals surface area contributed by atoms with Gasteiger partial charge >= 0.3 is 0 Å². The first kappa shape index (κ1) is 23.6. The summed E-state index contributed by atoms with van der Waals surface area (Å²) in [5, 5.41) is 6.98. The van der Waals surface area contributed by atoms with Gasteiger partial charge in [-0.15, -0.1) is 0 Å². The third kappa shape index (κ3) is 3.58. The van der Waals surface area contributed by atoms with Crippen LogP contribution in [0.2, 0.25) is 0 Å². The monoisotopic (exact) mass is 504 g/mol. The summed E-state index contributed by atoms with van der Waals surface area (Å²) in [6, 6.07) is 24.3. The fourth-order valence-corrected chi connectivity index (χ4v) is 5.22. The molecule has 0 aliphatic rings. The Morgan fingerprint density at radius 1 is 0.684 bits per heavy atom. The molecule has 0 unspecified atom stereocenters. The maximum absolute atomic E-state index is 5.73. The van der Waals surface area contributed by atoms with Gasteiger partial charge in [-0.2, -0.15) is 5.10 Å². The summed E-state index contributed by atoms with van der Waals surface area (Å²) in [6.07, 6.45) is 2.14. The van der Waals surface area contributed by atoms with Crippen molar-refractivity contribution in [1.29, 1.82) is 0 Å². The zero-order valence-corrected chi connectivity index (χ0v) is 22.0. The van der Waals surface area contributed by atoms with Gasteiger partial charge < -0.3 is 18.8 Å². The SMILES string of the molecule is COc1cc(-c2c3c(C)cn(-c4ccccc4)c3nc3c2c(C)nn3-c2ccccc2)cc(OC)c1OC. The highest BCUT2D eigenvalue weighted by Crippen LogP contribution is 2.46. The van der Waals surface area contributed by atoms with E-state index in [1.165, 1.54) is 0 Å². The van der Waals surface area contributed by atoms with E-state index in [0.717, 1.165) is 55.8 Å². The van der Waals surface area contributed by atoms with Crippen molar-refractivity contribution in [3.8, 4) is 39.8 Å². The number of aromatic nitrogens is 4. The van der Waals surface area contributed by atoms with E-state index >= 15 is 0 Å². The minimum atomic E-state index is 0.551. The molecule has 0 amide bonds. The number of fused-ring (bicyclic) bond motifs is 2. The molecule has 0 bridgehead atoms. The van der Waals surface area contributed by atoms with Crippen molar-refractivity contribution in [3.63, 3.8) is 0 Å². The van der Waals surface area contributed by atoms with E-state index in [1.54, 1.807) is 21.3 Å². The van der Waals surface area contributed by atoms with Crippen LogP contribution in [0.4, 0.5) is 0 Å². The first-order valence-electron chi connectivity index (χ1n) is 12.4. The van der Waals surface area contributed by atoms with Gasteiger partial charge in [-0.25, -0.2) is 9.67 Å². The van der Waals surface area contributed by atoms with E-state index < -0.39 is 0 Å². The number of methoxy groups -OCH3 is 3. The summed E-state index contributed by atoms with van der Waals surface area (Å²) < 4.78 is 21.1. The van der Waals surface area contributed by atoms with Gasteiger partial charge in [-0.1, -0.05) is 36.4 Å². The van der Waals surface area contributed by atoms with Crippen molar-refractivity contribution in [2.75, 3.05) is 21.3 Å². The number of benzene rings is 3. The van der Waals surface area contributed by atoms with E-state index in [0.29, 0.717) is 17.2 Å². The number of pyridine rings is 1. The average Bonchev–Trinajstić information content (AvgIpc) is 3.48. The quantitative estimate of drug-likeness (QED) is 0.253. The Balaban J connectivity index is 1.79. The van der Waals surface area contributed by atoms with Gasteiger partial charge in [0.05, 0.1) is 38.1 Å². The van der Waals surface area contributed by atoms with Gasteiger partial charge in [0.2, 0.25) is 5.75 Å². The summed E-state index contributed by atoms with van der Waals surface area (Å²) in [4.78, 5) is 5.25. The lowest BCUT2D eigenvalue weighted by Crippen LogP contribution is -2.00. The van der Waals surface area contributed by atoms with Crippen molar-refractivity contribution >= 4 is 22.1 Å². The number of rotatable bonds is 6. The Labute approximate surface area is 220 Å². The Hall–Kier alpha value is -4.78. The van der Waals surface area contributed by atoms with E-state index in [1.807, 2.05) is 72.3 Å². The molecule has 0 aliphatic carbocycles. The van der Waals surface area contributed by atoms with Crippen molar-refractivity contribution in [3.05, 3.63) is 90.3 Å². The third-order valence-corrected chi connectivity index (χ3v) is 6.91. The summed E-state index contributed by atoms with van der Waals surface area (Å²) in [5.41, 5.74) is 7.56. The molecule has 38 heavy (non-hydrogen) atoms. The van der Waals surface area contributed by atoms with E-state index in [-0.39, 0.29) is 0 Å². The summed E-state index contributed by atoms with van der Waals surface area (Å²) >= 11 is 0. The molecule has 6 aromatic rings. The lowest BCUT2D eigenvalue weighted by Gasteiger charge is -2.16. The lowest BCUT2D eigenvalue weighted by molar-refractivity contribution is 0.324. The molecule has 7 nitrogen and oxygen atoms in total. The second kappa shape index (κ2) is 9.27. The molecule has 190 valence electrons. The molecule has 0 spiro atoms. The smallest absolute Gasteiger partial charge is 0.203 e. The highest BCUT2D eigenvalue weighted by Gasteiger charge is 2.25. The van der Waals surface area contributed by atoms with Gasteiger partial charge in [0.15, 0.2) is 17.1 Å². The average molecular weight is 505 g/mol. The van der Waals surface area contributed by atoms with Crippen molar-refractivity contribution in [2.24, 2.45) is 0 Å². The molecule has 3 aromatic heterocycles. The summed E-state index contributed by atoms with van der Waals surface area (Å²) in [7, 11) is 4.88. The van der Waals surface area contributed by atoms with E-state index in [4.69, 9.17) is 24.3 Å². The van der Waals surface area contributed by atoms with Crippen LogP contribution in [0.25, 0.3) is 44.6 Å². The van der Waals surface area contributed by atoms with Crippen LogP contribution in [0.1, 0.15) is 11.3 Å². The van der Waals surface area contributed by atoms with Gasteiger partial charge in [0, 0.05) is 22.8 Å². The molecule has 0 radical (unpaired) electrons. The predicted molar refractivity (Wildman–Crippen MR) is 150 cm³/mol. The van der Waals surface area contributed by atoms with Crippen LogP contribution in [-0.2, 0) is 0 Å². The van der Waals surface area contributed by atoms with Gasteiger partial charge in [-0.05, 0) is 61.4 Å². The number of ether oxygens (including phenoxy) is 3. The largest absolute Gasteiger partial charge is 0.493 e. The Morgan fingerprint density at radius 2 is 1.29 bits per heavy atom. The van der Waals surface area contributed by atoms with E-state index in [9.17, 15) is 0 Å². The molecule has 0 saturated heterocycles. The minimum Gasteiger partial charge on any atom is -0.493 e. The number of hydrogen-bond donors (Lipinski definition) is 0. The molecule has 6 rings (SSSR count). The van der Waals surface area contributed by atoms with Crippen LogP contribution in [0.3, 0.4) is 0 Å². The van der Waals surface area contributed by atoms with Crippen LogP contribution in [0.5, 0.6) is 17.2 Å². The van der Waals surface area contributed by atoms with Crippen LogP contribution < -0.4 is 14.2 Å². The first-order chi connectivity index (χ1) is 18.5. The lowest BCUT2D eigenvalue weighted by atomic mass is 9.96. The van der Waals surface area contributed by atoms with Crippen LogP contribution in [0, 0.1) is 13.8 Å². The number of aryl methyl sites for hydroxylation is 2. The number of nitrogens with zero attached hydrogens (tertiary/aromatic N) is 4. The zero-order chi connectivity index (χ0) is 26.4. The van der Waals surface area contributed by atoms with Crippen molar-refractivity contribution in [1.82, 2.24) is 19.3 Å². The molecule has 0 N–H and O–H groups in total. The number of para-hydroxylation sites is 2. The molecule has 0 atom stereocenters. The molecular formula is C31H28N4O3. The second-order valence-electron chi connectivity index (χ2n) is 9.15. The summed E-state index contributed by atoms with van der Waals surface area (Å²) in [5.74, 6) is 1.73. The van der Waals surface area contributed by atoms with Gasteiger partial charge in [0.1, 0.15) is 5.65 Å². The molecule has 3 aromatic carbocycles. The molecule has 3 heterocycles. The normalized spacial score (nSPS) is 11.3. The molecule has 0 fully saturated rings. The maximum Gasteiger partial charge on any atom is 0.203 e. The molecule has 7 heteroatoms. The highest BCUT2D eigenvalue weighted by atomic mass is 16.5. The van der Waals surface area contributed by atoms with Gasteiger partial charge in [-0.3, -0.25) is 0 Å². The van der Waals surface area contributed by atoms with Crippen LogP contribution in [-0.4, -0.2) is 40.7 Å². The zero-order valence-electron chi connectivity index (χ0n) is 22.0. The highest BCUT2D eigenvalue weighted by molar-refractivity contribution is 6.11. The fraction of sp³-hybridized carbons (Fsp3) is 0.161. The third-order valence-electron chi connectivity index (χ3n) is 6.91. The predicted octanol–water partition coefficient (Wildman–Crippen LogP) is 6.67. The molecule has 0 saturated carbocycles. The summed E-state index contributed by atoms with van der Waals surface area (Å²) in [6.45, 7) is 4.15. The topological polar surface area (TPSA) is 63.3 Å². The van der Waals surface area contributed by atoms with Gasteiger partial charge in [0.25, 0.3) is 0 Å². The fourth-order valence-electron chi connectivity index (χ4n) is 5.22. The molecule has 0 aliphatic heterocycles.